The molecule has 0 saturated heterocycles. The zero-order chi connectivity index (χ0) is 12.3. The van der Waals surface area contributed by atoms with Crippen LogP contribution in [0.4, 0.5) is 0 Å². The Balaban J connectivity index is 3.48. The van der Waals surface area contributed by atoms with Crippen LogP contribution in [0.2, 0.25) is 0 Å². The van der Waals surface area contributed by atoms with E-state index >= 15 is 0 Å². The molecule has 0 unspecified atom stereocenters. The van der Waals surface area contributed by atoms with Crippen molar-refractivity contribution in [2.45, 2.75) is 46.5 Å². The average molecular weight is 295 g/mol. The van der Waals surface area contributed by atoms with Crippen molar-refractivity contribution in [1.82, 2.24) is 0 Å². The first kappa shape index (κ1) is 16.4. The second kappa shape index (κ2) is 10.5. The highest BCUT2D eigenvalue weighted by atomic mass is 79.9. The maximum absolute atomic E-state index is 5.70. The van der Waals surface area contributed by atoms with Gasteiger partial charge in [-0.05, 0) is 19.3 Å². The van der Waals surface area contributed by atoms with E-state index in [1.165, 1.54) is 6.42 Å². The summed E-state index contributed by atoms with van der Waals surface area (Å²) in [6, 6.07) is 0. The van der Waals surface area contributed by atoms with Crippen LogP contribution in [-0.2, 0) is 9.47 Å². The minimum atomic E-state index is 0.309. The van der Waals surface area contributed by atoms with E-state index in [0.29, 0.717) is 5.41 Å². The molecule has 0 atom stereocenters. The van der Waals surface area contributed by atoms with Gasteiger partial charge in [-0.3, -0.25) is 0 Å². The molecule has 0 amide bonds. The zero-order valence-electron chi connectivity index (χ0n) is 11.1. The number of halogens is 1. The number of hydrogen-bond acceptors (Lipinski definition) is 2. The third-order valence-electron chi connectivity index (χ3n) is 3.21. The monoisotopic (exact) mass is 294 g/mol. The quantitative estimate of drug-likeness (QED) is 0.423. The molecule has 0 aromatic carbocycles. The lowest BCUT2D eigenvalue weighted by atomic mass is 9.86. The third kappa shape index (κ3) is 6.87. The maximum Gasteiger partial charge on any atom is 0.0700 e. The summed E-state index contributed by atoms with van der Waals surface area (Å²) in [5.74, 6) is 0. The molecule has 0 rings (SSSR count). The Morgan fingerprint density at radius 2 is 1.56 bits per heavy atom. The molecule has 0 N–H and O–H groups in total. The molecule has 0 fully saturated rings. The van der Waals surface area contributed by atoms with Crippen LogP contribution >= 0.6 is 15.9 Å². The Labute approximate surface area is 109 Å². The van der Waals surface area contributed by atoms with Crippen molar-refractivity contribution in [3.8, 4) is 0 Å². The van der Waals surface area contributed by atoms with Gasteiger partial charge in [-0.15, -0.1) is 0 Å². The lowest BCUT2D eigenvalue weighted by molar-refractivity contribution is 0.00867. The Bertz CT molecular complexity index is 139. The number of alkyl halides is 1. The van der Waals surface area contributed by atoms with Crippen LogP contribution < -0.4 is 0 Å². The molecule has 0 radical (unpaired) electrons. The smallest absolute Gasteiger partial charge is 0.0700 e. The molecule has 0 aromatic heterocycles. The van der Waals surface area contributed by atoms with Gasteiger partial charge in [-0.25, -0.2) is 0 Å². The maximum atomic E-state index is 5.70. The van der Waals surface area contributed by atoms with E-state index in [0.717, 1.165) is 51.0 Å². The van der Waals surface area contributed by atoms with Crippen molar-refractivity contribution in [1.29, 1.82) is 0 Å². The van der Waals surface area contributed by atoms with E-state index in [4.69, 9.17) is 9.47 Å². The predicted octanol–water partition coefficient (Wildman–Crippen LogP) is 4.02. The zero-order valence-corrected chi connectivity index (χ0v) is 12.6. The molecule has 2 nitrogen and oxygen atoms in total. The van der Waals surface area contributed by atoms with E-state index in [9.17, 15) is 0 Å². The van der Waals surface area contributed by atoms with Crippen molar-refractivity contribution in [2.75, 3.05) is 31.8 Å². The van der Waals surface area contributed by atoms with Crippen molar-refractivity contribution in [3.63, 3.8) is 0 Å². The van der Waals surface area contributed by atoms with Crippen LogP contribution in [0, 0.1) is 5.41 Å². The highest BCUT2D eigenvalue weighted by Gasteiger charge is 2.24. The summed E-state index contributed by atoms with van der Waals surface area (Å²) in [6.07, 6.45) is 4.66. The summed E-state index contributed by atoms with van der Waals surface area (Å²) in [4.78, 5) is 0. The minimum Gasteiger partial charge on any atom is -0.379 e. The second-order valence-corrected chi connectivity index (χ2v) is 4.92. The van der Waals surface area contributed by atoms with Crippen molar-refractivity contribution < 1.29 is 9.47 Å². The van der Waals surface area contributed by atoms with Crippen molar-refractivity contribution in [2.24, 2.45) is 5.41 Å². The van der Waals surface area contributed by atoms with E-state index < -0.39 is 0 Å². The van der Waals surface area contributed by atoms with E-state index in [-0.39, 0.29) is 0 Å². The first-order chi connectivity index (χ1) is 7.74. The number of unbranched alkanes of at least 4 members (excludes halogenated alkanes) is 1. The molecule has 0 aliphatic carbocycles. The summed E-state index contributed by atoms with van der Waals surface area (Å²) in [5, 5.41) is 1.02. The lowest BCUT2D eigenvalue weighted by Crippen LogP contribution is -2.28. The van der Waals surface area contributed by atoms with Gasteiger partial charge >= 0.3 is 0 Å². The molecule has 98 valence electrons. The summed E-state index contributed by atoms with van der Waals surface area (Å²) >= 11 is 3.59. The van der Waals surface area contributed by atoms with E-state index in [1.807, 2.05) is 0 Å². The molecule has 0 bridgehead atoms. The molecule has 0 spiro atoms. The Hall–Kier alpha value is 0.400. The standard InChI is InChI=1S/C13H27BrO2/c1-4-7-8-15-9-10-16-12-13(5-2,6-3)11-14/h4-12H2,1-3H3. The summed E-state index contributed by atoms with van der Waals surface area (Å²) in [6.45, 7) is 9.78. The largest absolute Gasteiger partial charge is 0.379 e. The van der Waals surface area contributed by atoms with Crippen LogP contribution in [0.25, 0.3) is 0 Å². The van der Waals surface area contributed by atoms with Crippen LogP contribution in [0.15, 0.2) is 0 Å². The van der Waals surface area contributed by atoms with Crippen LogP contribution in [-0.4, -0.2) is 31.8 Å². The fraction of sp³-hybridized carbons (Fsp3) is 1.00. The Morgan fingerprint density at radius 3 is 2.06 bits per heavy atom. The highest BCUT2D eigenvalue weighted by Crippen LogP contribution is 2.28. The van der Waals surface area contributed by atoms with Gasteiger partial charge in [0.15, 0.2) is 0 Å². The van der Waals surface area contributed by atoms with Gasteiger partial charge in [0, 0.05) is 17.4 Å². The lowest BCUT2D eigenvalue weighted by Gasteiger charge is -2.29. The molecule has 0 aliphatic heterocycles. The van der Waals surface area contributed by atoms with E-state index in [1.54, 1.807) is 0 Å². The van der Waals surface area contributed by atoms with Gasteiger partial charge in [-0.2, -0.15) is 0 Å². The fourth-order valence-corrected chi connectivity index (χ4v) is 2.39. The SMILES string of the molecule is CCCCOCCOCC(CC)(CC)CBr. The van der Waals surface area contributed by atoms with Crippen molar-refractivity contribution in [3.05, 3.63) is 0 Å². The fourth-order valence-electron chi connectivity index (χ4n) is 1.44. The minimum absolute atomic E-state index is 0.309. The van der Waals surface area contributed by atoms with E-state index in [2.05, 4.69) is 36.7 Å². The topological polar surface area (TPSA) is 18.5 Å². The highest BCUT2D eigenvalue weighted by molar-refractivity contribution is 9.09. The van der Waals surface area contributed by atoms with Gasteiger partial charge in [0.2, 0.25) is 0 Å². The van der Waals surface area contributed by atoms with Crippen LogP contribution in [0.1, 0.15) is 46.5 Å². The molecule has 3 heteroatoms. The van der Waals surface area contributed by atoms with Gasteiger partial charge in [-0.1, -0.05) is 43.1 Å². The number of rotatable bonds is 11. The average Bonchev–Trinajstić information content (AvgIpc) is 2.34. The van der Waals surface area contributed by atoms with Gasteiger partial charge in [0.1, 0.15) is 0 Å². The van der Waals surface area contributed by atoms with Gasteiger partial charge < -0.3 is 9.47 Å². The Kier molecular flexibility index (Phi) is 10.8. The molecular formula is C13H27BrO2. The van der Waals surface area contributed by atoms with Crippen molar-refractivity contribution >= 4 is 15.9 Å². The Morgan fingerprint density at radius 1 is 0.938 bits per heavy atom. The van der Waals surface area contributed by atoms with Crippen LogP contribution in [0.3, 0.4) is 0 Å². The molecule has 0 aromatic rings. The number of hydrogen-bond donors (Lipinski definition) is 0. The molecule has 0 saturated carbocycles. The molecule has 0 aliphatic rings. The summed E-state index contributed by atoms with van der Waals surface area (Å²) in [5.41, 5.74) is 0.309. The number of ether oxygens (including phenoxy) is 2. The predicted molar refractivity (Wildman–Crippen MR) is 73.4 cm³/mol. The molecular weight excluding hydrogens is 268 g/mol. The normalized spacial score (nSPS) is 12.0. The summed E-state index contributed by atoms with van der Waals surface area (Å²) in [7, 11) is 0. The van der Waals surface area contributed by atoms with Gasteiger partial charge in [0.25, 0.3) is 0 Å². The summed E-state index contributed by atoms with van der Waals surface area (Å²) < 4.78 is 11.2. The molecule has 0 heterocycles. The third-order valence-corrected chi connectivity index (χ3v) is 4.40. The van der Waals surface area contributed by atoms with Gasteiger partial charge in [0.05, 0.1) is 19.8 Å². The molecule has 16 heavy (non-hydrogen) atoms. The second-order valence-electron chi connectivity index (χ2n) is 4.36. The first-order valence-corrected chi connectivity index (χ1v) is 7.58. The van der Waals surface area contributed by atoms with Crippen LogP contribution in [0.5, 0.6) is 0 Å². The first-order valence-electron chi connectivity index (χ1n) is 6.46.